The van der Waals surface area contributed by atoms with E-state index in [4.69, 9.17) is 14.2 Å². The van der Waals surface area contributed by atoms with Crippen LogP contribution in [-0.4, -0.2) is 32.6 Å². The molecule has 2 aromatic rings. The lowest BCUT2D eigenvalue weighted by Crippen LogP contribution is -2.12. The zero-order chi connectivity index (χ0) is 19.1. The van der Waals surface area contributed by atoms with Gasteiger partial charge in [0.2, 0.25) is 0 Å². The second kappa shape index (κ2) is 8.85. The van der Waals surface area contributed by atoms with Crippen molar-refractivity contribution in [2.45, 2.75) is 13.8 Å². The van der Waals surface area contributed by atoms with Gasteiger partial charge in [-0.3, -0.25) is 4.79 Å². The van der Waals surface area contributed by atoms with Crippen LogP contribution in [0.4, 0.5) is 0 Å². The molecule has 5 nitrogen and oxygen atoms in total. The molecular weight excluding hydrogens is 332 g/mol. The van der Waals surface area contributed by atoms with Crippen molar-refractivity contribution in [1.29, 1.82) is 0 Å². The van der Waals surface area contributed by atoms with Crippen LogP contribution >= 0.6 is 0 Å². The van der Waals surface area contributed by atoms with E-state index in [0.717, 1.165) is 11.1 Å². The number of carbonyl (C=O) groups is 2. The fourth-order valence-corrected chi connectivity index (χ4v) is 2.38. The van der Waals surface area contributed by atoms with Gasteiger partial charge >= 0.3 is 5.97 Å². The van der Waals surface area contributed by atoms with E-state index >= 15 is 0 Å². The molecule has 0 saturated carbocycles. The fourth-order valence-electron chi connectivity index (χ4n) is 2.38. The largest absolute Gasteiger partial charge is 0.493 e. The zero-order valence-corrected chi connectivity index (χ0v) is 15.4. The molecule has 0 spiro atoms. The van der Waals surface area contributed by atoms with Crippen LogP contribution in [0.5, 0.6) is 11.5 Å². The van der Waals surface area contributed by atoms with Gasteiger partial charge in [-0.1, -0.05) is 24.3 Å². The Morgan fingerprint density at radius 2 is 1.77 bits per heavy atom. The van der Waals surface area contributed by atoms with E-state index in [0.29, 0.717) is 22.6 Å². The number of rotatable bonds is 7. The Hall–Kier alpha value is -3.08. The Labute approximate surface area is 153 Å². The van der Waals surface area contributed by atoms with Gasteiger partial charge in [0.05, 0.1) is 14.2 Å². The van der Waals surface area contributed by atoms with E-state index in [1.807, 2.05) is 19.9 Å². The molecule has 0 unspecified atom stereocenters. The van der Waals surface area contributed by atoms with E-state index in [1.165, 1.54) is 20.3 Å². The highest BCUT2D eigenvalue weighted by Crippen LogP contribution is 2.31. The number of methoxy groups -OCH3 is 2. The second-order valence-electron chi connectivity index (χ2n) is 5.75. The third kappa shape index (κ3) is 4.72. The van der Waals surface area contributed by atoms with Crippen molar-refractivity contribution in [3.63, 3.8) is 0 Å². The highest BCUT2D eigenvalue weighted by Gasteiger charge is 2.10. The number of Topliss-reactive ketones (excluding diaryl/α,β-unsaturated/α-hetero) is 1. The van der Waals surface area contributed by atoms with Crippen molar-refractivity contribution >= 4 is 17.8 Å². The maximum atomic E-state index is 12.1. The number of aryl methyl sites for hydroxylation is 2. The predicted octanol–water partition coefficient (Wildman–Crippen LogP) is 3.76. The molecule has 0 aliphatic rings. The quantitative estimate of drug-likeness (QED) is 0.430. The third-order valence-electron chi connectivity index (χ3n) is 4.01. The van der Waals surface area contributed by atoms with Crippen molar-refractivity contribution in [2.75, 3.05) is 20.8 Å². The molecule has 136 valence electrons. The predicted molar refractivity (Wildman–Crippen MR) is 99.8 cm³/mol. The molecule has 0 aromatic heterocycles. The molecule has 0 aliphatic heterocycles. The highest BCUT2D eigenvalue weighted by atomic mass is 16.5. The lowest BCUT2D eigenvalue weighted by molar-refractivity contribution is -0.136. The number of carbonyl (C=O) groups excluding carboxylic acids is 2. The fraction of sp³-hybridized carbons (Fsp3) is 0.238. The summed E-state index contributed by atoms with van der Waals surface area (Å²) in [6, 6.07) is 10.7. The van der Waals surface area contributed by atoms with E-state index in [-0.39, 0.29) is 12.4 Å². The number of esters is 1. The maximum Gasteiger partial charge on any atom is 0.331 e. The van der Waals surface area contributed by atoms with Crippen LogP contribution in [0.1, 0.15) is 27.0 Å². The van der Waals surface area contributed by atoms with Crippen molar-refractivity contribution in [3.05, 3.63) is 64.7 Å². The first-order valence-corrected chi connectivity index (χ1v) is 8.12. The topological polar surface area (TPSA) is 61.8 Å². The van der Waals surface area contributed by atoms with Gasteiger partial charge in [0.15, 0.2) is 23.9 Å². The van der Waals surface area contributed by atoms with Crippen LogP contribution in [0.15, 0.2) is 42.5 Å². The van der Waals surface area contributed by atoms with Gasteiger partial charge in [-0.2, -0.15) is 0 Å². The summed E-state index contributed by atoms with van der Waals surface area (Å²) in [5, 5.41) is 0. The SMILES string of the molecule is COc1cccc(C=CC(=O)OCC(=O)c2ccc(C)c(C)c2)c1OC. The van der Waals surface area contributed by atoms with Gasteiger partial charge in [0.1, 0.15) is 0 Å². The van der Waals surface area contributed by atoms with Gasteiger partial charge in [0, 0.05) is 17.2 Å². The van der Waals surface area contributed by atoms with Gasteiger partial charge in [0.25, 0.3) is 0 Å². The number of hydrogen-bond donors (Lipinski definition) is 0. The minimum atomic E-state index is -0.605. The van der Waals surface area contributed by atoms with E-state index in [1.54, 1.807) is 36.4 Å². The van der Waals surface area contributed by atoms with Crippen molar-refractivity contribution in [2.24, 2.45) is 0 Å². The summed E-state index contributed by atoms with van der Waals surface area (Å²) in [5.74, 6) is 0.235. The first kappa shape index (κ1) is 19.2. The molecule has 0 radical (unpaired) electrons. The average molecular weight is 354 g/mol. The van der Waals surface area contributed by atoms with E-state index in [2.05, 4.69) is 0 Å². The molecule has 26 heavy (non-hydrogen) atoms. The molecule has 0 saturated heterocycles. The summed E-state index contributed by atoms with van der Waals surface area (Å²) in [5.41, 5.74) is 3.32. The molecule has 0 aliphatic carbocycles. The normalized spacial score (nSPS) is 10.6. The molecule has 2 rings (SSSR count). The van der Waals surface area contributed by atoms with Crippen LogP contribution in [0, 0.1) is 13.8 Å². The highest BCUT2D eigenvalue weighted by molar-refractivity contribution is 5.99. The minimum Gasteiger partial charge on any atom is -0.493 e. The Morgan fingerprint density at radius 3 is 2.42 bits per heavy atom. The standard InChI is InChI=1S/C21H22O5/c1-14-8-9-17(12-15(14)2)18(22)13-26-20(23)11-10-16-6-5-7-19(24-3)21(16)25-4/h5-12H,13H2,1-4H3. The number of hydrogen-bond acceptors (Lipinski definition) is 5. The van der Waals surface area contributed by atoms with Gasteiger partial charge < -0.3 is 14.2 Å². The summed E-state index contributed by atoms with van der Waals surface area (Å²) < 4.78 is 15.5. The van der Waals surface area contributed by atoms with Crippen LogP contribution in [0.25, 0.3) is 6.08 Å². The average Bonchev–Trinajstić information content (AvgIpc) is 2.65. The second-order valence-corrected chi connectivity index (χ2v) is 5.75. The summed E-state index contributed by atoms with van der Waals surface area (Å²) in [7, 11) is 3.06. The Kier molecular flexibility index (Phi) is 6.55. The zero-order valence-electron chi connectivity index (χ0n) is 15.4. The van der Waals surface area contributed by atoms with Gasteiger partial charge in [-0.15, -0.1) is 0 Å². The lowest BCUT2D eigenvalue weighted by atomic mass is 10.0. The Morgan fingerprint density at radius 1 is 1.00 bits per heavy atom. The minimum absolute atomic E-state index is 0.242. The van der Waals surface area contributed by atoms with Crippen LogP contribution in [0.2, 0.25) is 0 Å². The summed E-state index contributed by atoms with van der Waals surface area (Å²) in [6.45, 7) is 3.60. The molecule has 0 heterocycles. The smallest absolute Gasteiger partial charge is 0.331 e. The molecule has 5 heteroatoms. The number of ketones is 1. The van der Waals surface area contributed by atoms with E-state index in [9.17, 15) is 9.59 Å². The molecule has 0 amide bonds. The Balaban J connectivity index is 1.99. The Bertz CT molecular complexity index is 836. The number of para-hydroxylation sites is 1. The monoisotopic (exact) mass is 354 g/mol. The molecular formula is C21H22O5. The molecule has 0 bridgehead atoms. The summed E-state index contributed by atoms with van der Waals surface area (Å²) >= 11 is 0. The van der Waals surface area contributed by atoms with Crippen molar-refractivity contribution < 1.29 is 23.8 Å². The summed E-state index contributed by atoms with van der Waals surface area (Å²) in [6.07, 6.45) is 2.81. The van der Waals surface area contributed by atoms with Crippen LogP contribution in [-0.2, 0) is 9.53 Å². The van der Waals surface area contributed by atoms with Crippen LogP contribution in [0.3, 0.4) is 0 Å². The van der Waals surface area contributed by atoms with Gasteiger partial charge in [-0.25, -0.2) is 4.79 Å². The van der Waals surface area contributed by atoms with Crippen molar-refractivity contribution in [3.8, 4) is 11.5 Å². The number of benzene rings is 2. The molecule has 2 aromatic carbocycles. The third-order valence-corrected chi connectivity index (χ3v) is 4.01. The van der Waals surface area contributed by atoms with Gasteiger partial charge in [-0.05, 0) is 43.2 Å². The molecule has 0 atom stereocenters. The lowest BCUT2D eigenvalue weighted by Gasteiger charge is -2.09. The number of ether oxygens (including phenoxy) is 3. The summed E-state index contributed by atoms with van der Waals surface area (Å²) in [4.78, 5) is 24.0. The first-order chi connectivity index (χ1) is 12.5. The van der Waals surface area contributed by atoms with Crippen LogP contribution < -0.4 is 9.47 Å². The molecule has 0 fully saturated rings. The van der Waals surface area contributed by atoms with E-state index < -0.39 is 5.97 Å². The first-order valence-electron chi connectivity index (χ1n) is 8.12. The maximum absolute atomic E-state index is 12.1. The molecule has 0 N–H and O–H groups in total. The van der Waals surface area contributed by atoms with Crippen molar-refractivity contribution in [1.82, 2.24) is 0 Å².